The number of pyridine rings is 1. The summed E-state index contributed by atoms with van der Waals surface area (Å²) in [5.41, 5.74) is 2.66. The average Bonchev–Trinajstić information content (AvgIpc) is 3.20. The van der Waals surface area contributed by atoms with Gasteiger partial charge in [0.1, 0.15) is 11.9 Å². The molecule has 0 bridgehead atoms. The lowest BCUT2D eigenvalue weighted by Crippen LogP contribution is -2.46. The van der Waals surface area contributed by atoms with Crippen LogP contribution < -0.4 is 5.32 Å². The van der Waals surface area contributed by atoms with Gasteiger partial charge in [-0.05, 0) is 63.3 Å². The summed E-state index contributed by atoms with van der Waals surface area (Å²) in [5, 5.41) is 12.0. The highest BCUT2D eigenvalue weighted by Crippen LogP contribution is 2.28. The second kappa shape index (κ2) is 9.64. The fourth-order valence-corrected chi connectivity index (χ4v) is 4.63. The fraction of sp³-hybridized carbons (Fsp3) is 0.500. The van der Waals surface area contributed by atoms with Gasteiger partial charge in [-0.3, -0.25) is 9.20 Å². The van der Waals surface area contributed by atoms with Crippen LogP contribution in [-0.4, -0.2) is 66.5 Å². The van der Waals surface area contributed by atoms with Crippen molar-refractivity contribution < 1.29 is 4.79 Å². The molecule has 9 heteroatoms. The summed E-state index contributed by atoms with van der Waals surface area (Å²) >= 11 is 1.74. The molecule has 164 valence electrons. The molecule has 1 aliphatic rings. The van der Waals surface area contributed by atoms with Crippen LogP contribution in [-0.2, 0) is 4.79 Å². The van der Waals surface area contributed by atoms with E-state index < -0.39 is 0 Å². The molecule has 1 aliphatic heterocycles. The van der Waals surface area contributed by atoms with Gasteiger partial charge in [-0.15, -0.1) is 10.2 Å². The monoisotopic (exact) mass is 439 g/mol. The number of likely N-dealkylation sites (tertiary alicyclic amines) is 1. The van der Waals surface area contributed by atoms with Crippen molar-refractivity contribution in [1.82, 2.24) is 29.5 Å². The second-order valence-corrected chi connectivity index (χ2v) is 9.02. The zero-order valence-electron chi connectivity index (χ0n) is 18.3. The zero-order valence-corrected chi connectivity index (χ0v) is 19.1. The third kappa shape index (κ3) is 4.98. The SMILES string of the molecule is CSCCC(Nc1nc(C)cc(C)n1)C(=O)N1CCC(c2nnc3ccccn23)CC1. The maximum absolute atomic E-state index is 13.3. The Bertz CT molecular complexity index is 1030. The molecule has 1 saturated heterocycles. The predicted octanol–water partition coefficient (Wildman–Crippen LogP) is 3.08. The van der Waals surface area contributed by atoms with Crippen LogP contribution in [0.15, 0.2) is 30.5 Å². The molecule has 0 spiro atoms. The van der Waals surface area contributed by atoms with Crippen LogP contribution in [0.2, 0.25) is 0 Å². The number of fused-ring (bicyclic) bond motifs is 1. The standard InChI is InChI=1S/C22H29N7OS/c1-15-14-16(2)24-22(23-15)25-18(9-13-31-3)21(30)28-11-7-17(8-12-28)20-27-26-19-6-4-5-10-29(19)20/h4-6,10,14,17-18H,7-9,11-13H2,1-3H3,(H,23,24,25). The van der Waals surface area contributed by atoms with Crippen molar-refractivity contribution in [2.45, 2.75) is 45.1 Å². The van der Waals surface area contributed by atoms with Crippen LogP contribution in [0, 0.1) is 13.8 Å². The van der Waals surface area contributed by atoms with E-state index in [9.17, 15) is 4.79 Å². The van der Waals surface area contributed by atoms with Crippen molar-refractivity contribution in [3.8, 4) is 0 Å². The maximum Gasteiger partial charge on any atom is 0.245 e. The van der Waals surface area contributed by atoms with E-state index in [0.29, 0.717) is 11.9 Å². The van der Waals surface area contributed by atoms with Crippen LogP contribution >= 0.6 is 11.8 Å². The van der Waals surface area contributed by atoms with Crippen LogP contribution in [0.4, 0.5) is 5.95 Å². The number of amides is 1. The van der Waals surface area contributed by atoms with Gasteiger partial charge in [0.15, 0.2) is 5.65 Å². The van der Waals surface area contributed by atoms with E-state index in [1.807, 2.05) is 49.2 Å². The average molecular weight is 440 g/mol. The highest BCUT2D eigenvalue weighted by molar-refractivity contribution is 7.98. The number of aromatic nitrogens is 5. The summed E-state index contributed by atoms with van der Waals surface area (Å²) in [6.45, 7) is 5.32. The van der Waals surface area contributed by atoms with Crippen molar-refractivity contribution in [2.75, 3.05) is 30.4 Å². The number of piperidine rings is 1. The van der Waals surface area contributed by atoms with E-state index in [0.717, 1.165) is 61.0 Å². The number of nitrogens with zero attached hydrogens (tertiary/aromatic N) is 6. The largest absolute Gasteiger partial charge is 0.342 e. The molecule has 1 fully saturated rings. The number of thioether (sulfide) groups is 1. The van der Waals surface area contributed by atoms with Crippen molar-refractivity contribution in [1.29, 1.82) is 0 Å². The van der Waals surface area contributed by atoms with E-state index >= 15 is 0 Å². The van der Waals surface area contributed by atoms with Crippen molar-refractivity contribution in [3.05, 3.63) is 47.7 Å². The van der Waals surface area contributed by atoms with Gasteiger partial charge in [-0.2, -0.15) is 11.8 Å². The Balaban J connectivity index is 1.43. The Hall–Kier alpha value is -2.68. The second-order valence-electron chi connectivity index (χ2n) is 8.04. The number of hydrogen-bond acceptors (Lipinski definition) is 7. The van der Waals surface area contributed by atoms with Crippen LogP contribution in [0.1, 0.15) is 42.4 Å². The molecular formula is C22H29N7OS. The van der Waals surface area contributed by atoms with Gasteiger partial charge in [0.25, 0.3) is 0 Å². The van der Waals surface area contributed by atoms with Gasteiger partial charge in [-0.1, -0.05) is 6.07 Å². The predicted molar refractivity (Wildman–Crippen MR) is 123 cm³/mol. The highest BCUT2D eigenvalue weighted by Gasteiger charge is 2.30. The fourth-order valence-electron chi connectivity index (χ4n) is 4.16. The topological polar surface area (TPSA) is 88.3 Å². The highest BCUT2D eigenvalue weighted by atomic mass is 32.2. The molecule has 31 heavy (non-hydrogen) atoms. The Morgan fingerprint density at radius 1 is 1.19 bits per heavy atom. The lowest BCUT2D eigenvalue weighted by Gasteiger charge is -2.34. The van der Waals surface area contributed by atoms with Gasteiger partial charge in [0, 0.05) is 36.6 Å². The molecular weight excluding hydrogens is 410 g/mol. The molecule has 0 aliphatic carbocycles. The van der Waals surface area contributed by atoms with E-state index in [1.165, 1.54) is 0 Å². The number of nitrogens with one attached hydrogen (secondary N) is 1. The van der Waals surface area contributed by atoms with Gasteiger partial charge < -0.3 is 10.2 Å². The first-order valence-corrected chi connectivity index (χ1v) is 12.1. The quantitative estimate of drug-likeness (QED) is 0.605. The van der Waals surface area contributed by atoms with E-state index in [1.54, 1.807) is 11.8 Å². The summed E-state index contributed by atoms with van der Waals surface area (Å²) in [5.74, 6) is 2.85. The number of rotatable bonds is 7. The molecule has 8 nitrogen and oxygen atoms in total. The molecule has 1 unspecified atom stereocenters. The number of carbonyl (C=O) groups excluding carboxylic acids is 1. The first kappa shape index (κ1) is 21.5. The minimum atomic E-state index is -0.320. The molecule has 3 aromatic rings. The third-order valence-electron chi connectivity index (χ3n) is 5.71. The first-order chi connectivity index (χ1) is 15.0. The number of hydrogen-bond donors (Lipinski definition) is 1. The van der Waals surface area contributed by atoms with Crippen LogP contribution in [0.25, 0.3) is 5.65 Å². The minimum absolute atomic E-state index is 0.126. The van der Waals surface area contributed by atoms with Gasteiger partial charge in [0.2, 0.25) is 11.9 Å². The Morgan fingerprint density at radius 3 is 2.65 bits per heavy atom. The molecule has 0 aromatic carbocycles. The Labute approximate surface area is 186 Å². The lowest BCUT2D eigenvalue weighted by atomic mass is 9.95. The molecule has 4 heterocycles. The van der Waals surface area contributed by atoms with Crippen LogP contribution in [0.5, 0.6) is 0 Å². The van der Waals surface area contributed by atoms with Crippen molar-refractivity contribution in [2.24, 2.45) is 0 Å². The van der Waals surface area contributed by atoms with Gasteiger partial charge >= 0.3 is 0 Å². The molecule has 0 radical (unpaired) electrons. The van der Waals surface area contributed by atoms with E-state index in [-0.39, 0.29) is 11.9 Å². The number of carbonyl (C=O) groups is 1. The molecule has 1 atom stereocenters. The molecule has 1 amide bonds. The van der Waals surface area contributed by atoms with Crippen LogP contribution in [0.3, 0.4) is 0 Å². The summed E-state index contributed by atoms with van der Waals surface area (Å²) in [4.78, 5) is 24.3. The smallest absolute Gasteiger partial charge is 0.245 e. The minimum Gasteiger partial charge on any atom is -0.342 e. The summed E-state index contributed by atoms with van der Waals surface area (Å²) in [6, 6.07) is 7.54. The zero-order chi connectivity index (χ0) is 21.8. The first-order valence-electron chi connectivity index (χ1n) is 10.7. The Kier molecular flexibility index (Phi) is 6.70. The normalized spacial score (nSPS) is 15.9. The molecule has 3 aromatic heterocycles. The number of anilines is 1. The maximum atomic E-state index is 13.3. The van der Waals surface area contributed by atoms with Gasteiger partial charge in [0.05, 0.1) is 0 Å². The Morgan fingerprint density at radius 2 is 1.94 bits per heavy atom. The lowest BCUT2D eigenvalue weighted by molar-refractivity contribution is -0.133. The number of aryl methyl sites for hydroxylation is 2. The van der Waals surface area contributed by atoms with Crippen molar-refractivity contribution >= 4 is 29.3 Å². The molecule has 4 rings (SSSR count). The molecule has 1 N–H and O–H groups in total. The van der Waals surface area contributed by atoms with E-state index in [4.69, 9.17) is 0 Å². The summed E-state index contributed by atoms with van der Waals surface area (Å²) in [7, 11) is 0. The molecule has 0 saturated carbocycles. The van der Waals surface area contributed by atoms with Gasteiger partial charge in [-0.25, -0.2) is 9.97 Å². The van der Waals surface area contributed by atoms with E-state index in [2.05, 4.69) is 36.1 Å². The summed E-state index contributed by atoms with van der Waals surface area (Å²) in [6.07, 6.45) is 6.58. The summed E-state index contributed by atoms with van der Waals surface area (Å²) < 4.78 is 2.06. The van der Waals surface area contributed by atoms with Crippen molar-refractivity contribution in [3.63, 3.8) is 0 Å². The third-order valence-corrected chi connectivity index (χ3v) is 6.35.